The van der Waals surface area contributed by atoms with Gasteiger partial charge in [-0.1, -0.05) is 30.3 Å². The number of aromatic nitrogens is 4. The number of rotatable bonds is 6. The molecule has 0 radical (unpaired) electrons. The topological polar surface area (TPSA) is 132 Å². The number of amides is 1. The summed E-state index contributed by atoms with van der Waals surface area (Å²) in [5.74, 6) is -2.42. The Morgan fingerprint density at radius 2 is 1.93 bits per heavy atom. The highest BCUT2D eigenvalue weighted by Gasteiger charge is 2.25. The summed E-state index contributed by atoms with van der Waals surface area (Å²) in [5, 5.41) is 12.9. The van der Waals surface area contributed by atoms with E-state index in [-0.39, 0.29) is 28.6 Å². The van der Waals surface area contributed by atoms with Gasteiger partial charge in [0, 0.05) is 30.1 Å². The van der Waals surface area contributed by atoms with Crippen molar-refractivity contribution in [3.05, 3.63) is 89.4 Å². The van der Waals surface area contributed by atoms with Crippen LogP contribution in [-0.4, -0.2) is 25.4 Å². The number of nitrogens with one attached hydrogen (secondary N) is 1. The molecule has 12 heteroatoms. The molecule has 3 heterocycles. The molecule has 0 aliphatic rings. The van der Waals surface area contributed by atoms with E-state index in [4.69, 9.17) is 22.1 Å². The zero-order valence-electron chi connectivity index (χ0n) is 21.7. The lowest BCUT2D eigenvalue weighted by atomic mass is 9.97. The first-order valence-electron chi connectivity index (χ1n) is 12.0. The number of nitriles is 1. The zero-order valence-corrected chi connectivity index (χ0v) is 22.4. The monoisotopic (exact) mass is 571 g/mol. The van der Waals surface area contributed by atoms with Crippen LogP contribution >= 0.6 is 11.6 Å². The van der Waals surface area contributed by atoms with Crippen LogP contribution in [-0.2, 0) is 11.8 Å². The van der Waals surface area contributed by atoms with Gasteiger partial charge in [-0.05, 0) is 42.8 Å². The second kappa shape index (κ2) is 10.7. The van der Waals surface area contributed by atoms with Gasteiger partial charge in [-0.15, -0.1) is 0 Å². The molecule has 0 fully saturated rings. The van der Waals surface area contributed by atoms with Crippen LogP contribution in [0.25, 0.3) is 33.3 Å². The lowest BCUT2D eigenvalue weighted by Gasteiger charge is -2.12. The molecular weight excluding hydrogens is 552 g/mol. The number of pyridine rings is 1. The average molecular weight is 572 g/mol. The summed E-state index contributed by atoms with van der Waals surface area (Å²) in [5.41, 5.74) is 9.29. The van der Waals surface area contributed by atoms with Gasteiger partial charge in [-0.3, -0.25) is 4.79 Å². The van der Waals surface area contributed by atoms with Gasteiger partial charge in [-0.25, -0.2) is 18.7 Å². The zero-order chi connectivity index (χ0) is 29.4. The molecule has 5 aromatic rings. The molecule has 3 N–H and O–H groups in total. The predicted molar refractivity (Wildman–Crippen MR) is 151 cm³/mol. The first kappa shape index (κ1) is 27.2. The van der Waals surface area contributed by atoms with Crippen molar-refractivity contribution in [1.29, 1.82) is 5.26 Å². The minimum atomic E-state index is -1.21. The van der Waals surface area contributed by atoms with Crippen LogP contribution in [0.5, 0.6) is 11.8 Å². The van der Waals surface area contributed by atoms with E-state index in [1.165, 1.54) is 24.5 Å². The Bertz CT molecular complexity index is 1910. The first-order valence-corrected chi connectivity index (χ1v) is 12.4. The maximum absolute atomic E-state index is 15.6. The van der Waals surface area contributed by atoms with Crippen LogP contribution in [0.4, 0.5) is 20.3 Å². The normalized spacial score (nSPS) is 10.8. The van der Waals surface area contributed by atoms with Crippen molar-refractivity contribution in [3.8, 4) is 40.2 Å². The number of fused-ring (bicyclic) bond motifs is 1. The number of hydrogen-bond acceptors (Lipinski definition) is 7. The van der Waals surface area contributed by atoms with E-state index in [0.717, 1.165) is 6.07 Å². The SMILES string of the molecule is C=C(F)C(=O)Nc1ccc(-c2c(-c3ccc(Oc4ncc(Cl)c(C)n4)cc3)c3c(N)ncc(C#N)c3n2C)c(F)c1. The van der Waals surface area contributed by atoms with Gasteiger partial charge < -0.3 is 20.4 Å². The lowest BCUT2D eigenvalue weighted by Crippen LogP contribution is -2.11. The van der Waals surface area contributed by atoms with Gasteiger partial charge in [0.15, 0.2) is 5.83 Å². The molecule has 1 amide bonds. The summed E-state index contributed by atoms with van der Waals surface area (Å²) in [4.78, 5) is 24.2. The molecular formula is C29H20ClF2N7O2. The van der Waals surface area contributed by atoms with Crippen LogP contribution < -0.4 is 15.8 Å². The summed E-state index contributed by atoms with van der Waals surface area (Å²) in [6.07, 6.45) is 2.80. The highest BCUT2D eigenvalue weighted by molar-refractivity contribution is 6.31. The summed E-state index contributed by atoms with van der Waals surface area (Å²) in [6.45, 7) is 4.67. The molecule has 41 heavy (non-hydrogen) atoms. The summed E-state index contributed by atoms with van der Waals surface area (Å²) in [6, 6.07) is 13.0. The average Bonchev–Trinajstić information content (AvgIpc) is 3.25. The maximum Gasteiger partial charge on any atom is 0.322 e. The van der Waals surface area contributed by atoms with Gasteiger partial charge in [0.1, 0.15) is 23.5 Å². The molecule has 0 aliphatic heterocycles. The van der Waals surface area contributed by atoms with Crippen molar-refractivity contribution in [1.82, 2.24) is 19.5 Å². The standard InChI is InChI=1S/C29H20ClF2N7O2/c1-14(31)28(40)38-18-6-9-20(22(32)10-18)26-23(24-25(39(26)3)17(11-33)12-35-27(24)34)16-4-7-19(8-5-16)41-29-36-13-21(30)15(2)37-29/h4-10,12-13H,1H2,2-3H3,(H2,34,35)(H,38,40). The Morgan fingerprint density at radius 1 is 1.20 bits per heavy atom. The second-order valence-corrected chi connectivity index (χ2v) is 9.35. The van der Waals surface area contributed by atoms with Crippen molar-refractivity contribution in [2.45, 2.75) is 6.92 Å². The van der Waals surface area contributed by atoms with E-state index in [1.807, 2.05) is 0 Å². The largest absolute Gasteiger partial charge is 0.424 e. The molecule has 0 saturated carbocycles. The van der Waals surface area contributed by atoms with Crippen molar-refractivity contribution in [2.75, 3.05) is 11.1 Å². The van der Waals surface area contributed by atoms with E-state index >= 15 is 4.39 Å². The van der Waals surface area contributed by atoms with E-state index in [2.05, 4.69) is 32.9 Å². The number of benzene rings is 2. The van der Waals surface area contributed by atoms with Crippen molar-refractivity contribution in [2.24, 2.45) is 7.05 Å². The number of nitrogens with zero attached hydrogens (tertiary/aromatic N) is 5. The van der Waals surface area contributed by atoms with E-state index in [0.29, 0.717) is 44.2 Å². The minimum absolute atomic E-state index is 0.0374. The molecule has 9 nitrogen and oxygen atoms in total. The van der Waals surface area contributed by atoms with Crippen molar-refractivity contribution in [3.63, 3.8) is 0 Å². The number of aryl methyl sites for hydroxylation is 2. The molecule has 0 bridgehead atoms. The van der Waals surface area contributed by atoms with Crippen LogP contribution in [0.3, 0.4) is 0 Å². The number of nitrogen functional groups attached to an aromatic ring is 1. The van der Waals surface area contributed by atoms with Gasteiger partial charge in [0.2, 0.25) is 0 Å². The van der Waals surface area contributed by atoms with E-state index in [1.54, 1.807) is 42.8 Å². The fraction of sp³-hybridized carbons (Fsp3) is 0.0690. The molecule has 0 spiro atoms. The van der Waals surface area contributed by atoms with Crippen molar-refractivity contribution >= 4 is 39.9 Å². The molecule has 3 aromatic heterocycles. The molecule has 5 rings (SSSR count). The maximum atomic E-state index is 15.6. The predicted octanol–water partition coefficient (Wildman–Crippen LogP) is 6.47. The number of halogens is 3. The fourth-order valence-corrected chi connectivity index (χ4v) is 4.54. The Kier molecular flexibility index (Phi) is 7.09. The number of carbonyl (C=O) groups excluding carboxylic acids is 1. The van der Waals surface area contributed by atoms with Gasteiger partial charge in [0.05, 0.1) is 39.1 Å². The Balaban J connectivity index is 1.66. The first-order chi connectivity index (χ1) is 19.6. The summed E-state index contributed by atoms with van der Waals surface area (Å²) < 4.78 is 36.2. The van der Waals surface area contributed by atoms with Gasteiger partial charge in [-0.2, -0.15) is 10.2 Å². The molecule has 0 atom stereocenters. The third-order valence-electron chi connectivity index (χ3n) is 6.34. The number of nitrogens with two attached hydrogens (primary N) is 1. The minimum Gasteiger partial charge on any atom is -0.424 e. The lowest BCUT2D eigenvalue weighted by molar-refractivity contribution is -0.114. The van der Waals surface area contributed by atoms with Crippen LogP contribution in [0.15, 0.2) is 67.3 Å². The number of ether oxygens (including phenoxy) is 1. The Labute approximate surface area is 237 Å². The molecule has 0 saturated heterocycles. The van der Waals surface area contributed by atoms with Gasteiger partial charge in [0.25, 0.3) is 5.91 Å². The molecule has 2 aromatic carbocycles. The Morgan fingerprint density at radius 3 is 2.56 bits per heavy atom. The van der Waals surface area contributed by atoms with Crippen molar-refractivity contribution < 1.29 is 18.3 Å². The van der Waals surface area contributed by atoms with Crippen LogP contribution in [0.2, 0.25) is 5.02 Å². The summed E-state index contributed by atoms with van der Waals surface area (Å²) in [7, 11) is 1.68. The number of carbonyl (C=O) groups is 1. The third kappa shape index (κ3) is 5.04. The third-order valence-corrected chi connectivity index (χ3v) is 6.71. The molecule has 0 unspecified atom stereocenters. The highest BCUT2D eigenvalue weighted by Crippen LogP contribution is 2.44. The van der Waals surface area contributed by atoms with E-state index in [9.17, 15) is 14.4 Å². The second-order valence-electron chi connectivity index (χ2n) is 8.94. The van der Waals surface area contributed by atoms with Crippen LogP contribution in [0, 0.1) is 24.1 Å². The number of anilines is 2. The number of hydrogen-bond donors (Lipinski definition) is 2. The van der Waals surface area contributed by atoms with E-state index < -0.39 is 17.6 Å². The fourth-order valence-electron chi connectivity index (χ4n) is 4.45. The van der Waals surface area contributed by atoms with Crippen LogP contribution in [0.1, 0.15) is 11.3 Å². The summed E-state index contributed by atoms with van der Waals surface area (Å²) >= 11 is 5.99. The molecule has 0 aliphatic carbocycles. The Hall–Kier alpha value is -5.34. The highest BCUT2D eigenvalue weighted by atomic mass is 35.5. The smallest absolute Gasteiger partial charge is 0.322 e. The quantitative estimate of drug-likeness (QED) is 0.223. The molecule has 204 valence electrons. The van der Waals surface area contributed by atoms with Gasteiger partial charge >= 0.3 is 6.01 Å².